The lowest BCUT2D eigenvalue weighted by molar-refractivity contribution is 0.354. The highest BCUT2D eigenvalue weighted by atomic mass is 35.5. The zero-order valence-electron chi connectivity index (χ0n) is 13.6. The molecule has 0 aliphatic rings. The molecule has 25 heavy (non-hydrogen) atoms. The van der Waals surface area contributed by atoms with Crippen LogP contribution in [0.15, 0.2) is 47.6 Å². The van der Waals surface area contributed by atoms with Gasteiger partial charge < -0.3 is 9.47 Å². The van der Waals surface area contributed by atoms with Gasteiger partial charge in [0.2, 0.25) is 4.77 Å². The van der Waals surface area contributed by atoms with Crippen molar-refractivity contribution >= 4 is 30.0 Å². The first-order chi connectivity index (χ1) is 12.2. The summed E-state index contributed by atoms with van der Waals surface area (Å²) in [7, 11) is 3.16. The number of hydrogen-bond donors (Lipinski definition) is 1. The van der Waals surface area contributed by atoms with Gasteiger partial charge in [-0.3, -0.25) is 0 Å². The minimum atomic E-state index is 0.355. The van der Waals surface area contributed by atoms with Crippen molar-refractivity contribution in [2.75, 3.05) is 14.2 Å². The third-order valence-corrected chi connectivity index (χ3v) is 4.10. The predicted octanol–water partition coefficient (Wildman–Crippen LogP) is 4.16. The number of nitrogens with zero attached hydrogens (tertiary/aromatic N) is 3. The number of para-hydroxylation sites is 1. The van der Waals surface area contributed by atoms with E-state index >= 15 is 0 Å². The molecule has 0 saturated carbocycles. The van der Waals surface area contributed by atoms with E-state index in [1.54, 1.807) is 26.5 Å². The Balaban J connectivity index is 2.06. The van der Waals surface area contributed by atoms with E-state index in [1.807, 2.05) is 36.4 Å². The predicted molar refractivity (Wildman–Crippen MR) is 100 cm³/mol. The van der Waals surface area contributed by atoms with Gasteiger partial charge in [-0.25, -0.2) is 5.10 Å². The maximum absolute atomic E-state index is 6.25. The third kappa shape index (κ3) is 3.42. The number of hydrogen-bond acceptors (Lipinski definition) is 5. The molecular formula is C17H15ClN4O2S. The number of H-pyrrole nitrogens is 1. The molecule has 0 aliphatic carbocycles. The first-order valence-electron chi connectivity index (χ1n) is 7.33. The summed E-state index contributed by atoms with van der Waals surface area (Å²) in [6, 6.07) is 12.9. The Morgan fingerprint density at radius 3 is 2.68 bits per heavy atom. The summed E-state index contributed by atoms with van der Waals surface area (Å²) in [5.41, 5.74) is 1.47. The number of aromatic amines is 1. The van der Waals surface area contributed by atoms with Gasteiger partial charge in [0, 0.05) is 11.1 Å². The molecular weight excluding hydrogens is 360 g/mol. The SMILES string of the molecule is COc1cccc(/C=N/n2c(-c3ccccc3Cl)n[nH]c2=S)c1OC. The highest BCUT2D eigenvalue weighted by Gasteiger charge is 2.12. The highest BCUT2D eigenvalue weighted by molar-refractivity contribution is 7.71. The molecule has 1 aromatic heterocycles. The number of rotatable bonds is 5. The van der Waals surface area contributed by atoms with Crippen molar-refractivity contribution in [1.82, 2.24) is 14.9 Å². The molecule has 0 saturated heterocycles. The van der Waals surface area contributed by atoms with Crippen molar-refractivity contribution < 1.29 is 9.47 Å². The van der Waals surface area contributed by atoms with Crippen LogP contribution in [0.5, 0.6) is 11.5 Å². The van der Waals surface area contributed by atoms with E-state index in [0.29, 0.717) is 27.1 Å². The van der Waals surface area contributed by atoms with Crippen LogP contribution in [0.4, 0.5) is 0 Å². The van der Waals surface area contributed by atoms with Gasteiger partial charge in [-0.2, -0.15) is 14.9 Å². The fourth-order valence-corrected chi connectivity index (χ4v) is 2.75. The molecule has 3 rings (SSSR count). The molecule has 6 nitrogen and oxygen atoms in total. The molecule has 128 valence electrons. The Labute approximate surface area is 154 Å². The lowest BCUT2D eigenvalue weighted by Crippen LogP contribution is -1.98. The van der Waals surface area contributed by atoms with E-state index in [4.69, 9.17) is 33.3 Å². The lowest BCUT2D eigenvalue weighted by atomic mass is 10.2. The molecule has 0 aliphatic heterocycles. The molecule has 0 fully saturated rings. The third-order valence-electron chi connectivity index (χ3n) is 3.51. The first-order valence-corrected chi connectivity index (χ1v) is 8.12. The van der Waals surface area contributed by atoms with Gasteiger partial charge in [0.05, 0.1) is 25.5 Å². The van der Waals surface area contributed by atoms with Crippen LogP contribution in [-0.4, -0.2) is 35.3 Å². The summed E-state index contributed by atoms with van der Waals surface area (Å²) >= 11 is 11.5. The lowest BCUT2D eigenvalue weighted by Gasteiger charge is -2.09. The Hall–Kier alpha value is -2.64. The summed E-state index contributed by atoms with van der Waals surface area (Å²) in [6.45, 7) is 0. The quantitative estimate of drug-likeness (QED) is 0.538. The van der Waals surface area contributed by atoms with E-state index in [1.165, 1.54) is 4.68 Å². The zero-order chi connectivity index (χ0) is 17.8. The maximum Gasteiger partial charge on any atom is 0.216 e. The Morgan fingerprint density at radius 2 is 1.96 bits per heavy atom. The van der Waals surface area contributed by atoms with Gasteiger partial charge in [0.25, 0.3) is 0 Å². The Kier molecular flexibility index (Phi) is 5.16. The summed E-state index contributed by atoms with van der Waals surface area (Å²) in [6.07, 6.45) is 1.63. The second-order valence-corrected chi connectivity index (χ2v) is 5.77. The second-order valence-electron chi connectivity index (χ2n) is 4.97. The van der Waals surface area contributed by atoms with Crippen molar-refractivity contribution in [3.05, 3.63) is 57.8 Å². The van der Waals surface area contributed by atoms with Gasteiger partial charge in [-0.1, -0.05) is 29.8 Å². The van der Waals surface area contributed by atoms with E-state index in [2.05, 4.69) is 15.3 Å². The number of ether oxygens (including phenoxy) is 2. The first kappa shape index (κ1) is 17.2. The standard InChI is InChI=1S/C17H15ClN4O2S/c1-23-14-9-5-6-11(15(14)24-2)10-19-22-16(20-21-17(22)25)12-7-3-4-8-13(12)18/h3-10H,1-2H3,(H,21,25)/b19-10+. The van der Waals surface area contributed by atoms with Gasteiger partial charge in [-0.05, 0) is 36.5 Å². The average molecular weight is 375 g/mol. The monoisotopic (exact) mass is 374 g/mol. The van der Waals surface area contributed by atoms with E-state index in [-0.39, 0.29) is 0 Å². The number of aromatic nitrogens is 3. The molecule has 3 aromatic rings. The van der Waals surface area contributed by atoms with Gasteiger partial charge >= 0.3 is 0 Å². The van der Waals surface area contributed by atoms with Gasteiger partial charge in [0.15, 0.2) is 17.3 Å². The van der Waals surface area contributed by atoms with Crippen molar-refractivity contribution in [2.45, 2.75) is 0 Å². The molecule has 0 spiro atoms. The largest absolute Gasteiger partial charge is 0.493 e. The van der Waals surface area contributed by atoms with E-state index in [9.17, 15) is 0 Å². The fraction of sp³-hybridized carbons (Fsp3) is 0.118. The number of nitrogens with one attached hydrogen (secondary N) is 1. The smallest absolute Gasteiger partial charge is 0.216 e. The fourth-order valence-electron chi connectivity index (χ4n) is 2.35. The maximum atomic E-state index is 6.25. The summed E-state index contributed by atoms with van der Waals surface area (Å²) in [5.74, 6) is 1.73. The van der Waals surface area contributed by atoms with Crippen LogP contribution in [0.25, 0.3) is 11.4 Å². The summed E-state index contributed by atoms with van der Waals surface area (Å²) < 4.78 is 12.6. The molecule has 8 heteroatoms. The van der Waals surface area contributed by atoms with E-state index in [0.717, 1.165) is 11.1 Å². The summed E-state index contributed by atoms with van der Waals surface area (Å²) in [4.78, 5) is 0. The molecule has 0 bridgehead atoms. The molecule has 0 atom stereocenters. The van der Waals surface area contributed by atoms with Crippen LogP contribution in [0.1, 0.15) is 5.56 Å². The minimum absolute atomic E-state index is 0.355. The second kappa shape index (κ2) is 7.50. The molecule has 1 N–H and O–H groups in total. The summed E-state index contributed by atoms with van der Waals surface area (Å²) in [5, 5.41) is 12.0. The van der Waals surface area contributed by atoms with Gasteiger partial charge in [-0.15, -0.1) is 0 Å². The van der Waals surface area contributed by atoms with Crippen molar-refractivity contribution in [3.8, 4) is 22.9 Å². The van der Waals surface area contributed by atoms with Crippen LogP contribution in [0.2, 0.25) is 5.02 Å². The normalized spacial score (nSPS) is 11.0. The zero-order valence-corrected chi connectivity index (χ0v) is 15.1. The molecule has 0 amide bonds. The molecule has 2 aromatic carbocycles. The average Bonchev–Trinajstić information content (AvgIpc) is 3.00. The molecule has 0 unspecified atom stereocenters. The Morgan fingerprint density at radius 1 is 1.16 bits per heavy atom. The number of benzene rings is 2. The number of halogens is 1. The minimum Gasteiger partial charge on any atom is -0.493 e. The topological polar surface area (TPSA) is 64.4 Å². The van der Waals surface area contributed by atoms with Crippen LogP contribution < -0.4 is 9.47 Å². The van der Waals surface area contributed by atoms with E-state index < -0.39 is 0 Å². The molecule has 1 heterocycles. The highest BCUT2D eigenvalue weighted by Crippen LogP contribution is 2.30. The van der Waals surface area contributed by atoms with Crippen molar-refractivity contribution in [2.24, 2.45) is 5.10 Å². The number of methoxy groups -OCH3 is 2. The van der Waals surface area contributed by atoms with Gasteiger partial charge in [0.1, 0.15) is 0 Å². The van der Waals surface area contributed by atoms with Crippen LogP contribution >= 0.6 is 23.8 Å². The van der Waals surface area contributed by atoms with Crippen molar-refractivity contribution in [3.63, 3.8) is 0 Å². The van der Waals surface area contributed by atoms with Crippen molar-refractivity contribution in [1.29, 1.82) is 0 Å². The van der Waals surface area contributed by atoms with Crippen LogP contribution in [-0.2, 0) is 0 Å². The van der Waals surface area contributed by atoms with Crippen LogP contribution in [0, 0.1) is 4.77 Å². The van der Waals surface area contributed by atoms with Crippen LogP contribution in [0.3, 0.4) is 0 Å². The molecule has 0 radical (unpaired) electrons. The Bertz CT molecular complexity index is 981.